The van der Waals surface area contributed by atoms with E-state index < -0.39 is 10.0 Å². The van der Waals surface area contributed by atoms with Crippen LogP contribution in [0.1, 0.15) is 30.4 Å². The van der Waals surface area contributed by atoms with E-state index in [9.17, 15) is 13.2 Å². The van der Waals surface area contributed by atoms with E-state index in [1.165, 1.54) is 9.87 Å². The number of carbonyl (C=O) groups is 1. The van der Waals surface area contributed by atoms with Gasteiger partial charge in [0.15, 0.2) is 5.13 Å². The fourth-order valence-electron chi connectivity index (χ4n) is 4.45. The Balaban J connectivity index is 1.52. The van der Waals surface area contributed by atoms with Gasteiger partial charge in [0.25, 0.3) is 10.0 Å². The fourth-order valence-corrected chi connectivity index (χ4v) is 8.73. The van der Waals surface area contributed by atoms with Gasteiger partial charge in [-0.15, -0.1) is 11.3 Å². The molecule has 35 heavy (non-hydrogen) atoms. The first-order valence-corrected chi connectivity index (χ1v) is 15.1. The molecule has 3 heterocycles. The zero-order chi connectivity index (χ0) is 25.3. The molecule has 4 rings (SSSR count). The molecule has 190 valence electrons. The highest BCUT2D eigenvalue weighted by Gasteiger charge is 2.35. The minimum absolute atomic E-state index is 0.0356. The van der Waals surface area contributed by atoms with E-state index in [2.05, 4.69) is 24.0 Å². The molecular formula is C24H31ClN4O3S3. The van der Waals surface area contributed by atoms with Crippen molar-refractivity contribution in [2.45, 2.75) is 37.3 Å². The Bertz CT molecular complexity index is 1310. The zero-order valence-corrected chi connectivity index (χ0v) is 23.7. The molecule has 2 aromatic heterocycles. The van der Waals surface area contributed by atoms with E-state index >= 15 is 0 Å². The standard InChI is InChI=1S/C24H31ClN4O3S3/c1-16-14-17(2)22-19(15-16)33-24(26-22)29(11-5-10-27(3)4)23(30)18-8-12-28(13-9-18)35(31,32)21-7-6-20(25)34-21/h6-7,14-15,18H,5,8-13H2,1-4H3. The van der Waals surface area contributed by atoms with Gasteiger partial charge in [0.1, 0.15) is 4.21 Å². The van der Waals surface area contributed by atoms with Gasteiger partial charge in [-0.1, -0.05) is 29.0 Å². The van der Waals surface area contributed by atoms with Gasteiger partial charge < -0.3 is 4.90 Å². The second-order valence-corrected chi connectivity index (χ2v) is 14.2. The minimum atomic E-state index is -3.59. The minimum Gasteiger partial charge on any atom is -0.309 e. The average molecular weight is 555 g/mol. The van der Waals surface area contributed by atoms with E-state index in [1.54, 1.807) is 23.5 Å². The molecule has 0 aliphatic carbocycles. The number of carbonyl (C=O) groups excluding carboxylic acids is 1. The largest absolute Gasteiger partial charge is 0.309 e. The van der Waals surface area contributed by atoms with Gasteiger partial charge in [-0.2, -0.15) is 4.31 Å². The molecule has 0 unspecified atom stereocenters. The van der Waals surface area contributed by atoms with Crippen molar-refractivity contribution in [3.8, 4) is 0 Å². The van der Waals surface area contributed by atoms with Crippen molar-refractivity contribution in [3.63, 3.8) is 0 Å². The molecule has 1 amide bonds. The summed E-state index contributed by atoms with van der Waals surface area (Å²) in [4.78, 5) is 22.5. The molecule has 7 nitrogen and oxygen atoms in total. The number of halogens is 1. The molecule has 0 saturated carbocycles. The summed E-state index contributed by atoms with van der Waals surface area (Å²) in [5.74, 6) is -0.198. The van der Waals surface area contributed by atoms with Crippen LogP contribution in [0.3, 0.4) is 0 Å². The quantitative estimate of drug-likeness (QED) is 0.391. The fraction of sp³-hybridized carbons (Fsp3) is 0.500. The van der Waals surface area contributed by atoms with Gasteiger partial charge >= 0.3 is 0 Å². The summed E-state index contributed by atoms with van der Waals surface area (Å²) in [6, 6.07) is 7.37. The van der Waals surface area contributed by atoms with E-state index in [4.69, 9.17) is 16.6 Å². The van der Waals surface area contributed by atoms with Crippen LogP contribution in [0.2, 0.25) is 4.34 Å². The lowest BCUT2D eigenvalue weighted by Crippen LogP contribution is -2.45. The van der Waals surface area contributed by atoms with Gasteiger partial charge in [0, 0.05) is 25.6 Å². The summed E-state index contributed by atoms with van der Waals surface area (Å²) in [6.45, 7) is 6.20. The molecule has 1 aliphatic heterocycles. The van der Waals surface area contributed by atoms with E-state index in [0.717, 1.165) is 45.2 Å². The number of thiophene rings is 1. The van der Waals surface area contributed by atoms with Crippen LogP contribution in [0.15, 0.2) is 28.5 Å². The third-order valence-corrected chi connectivity index (χ3v) is 10.9. The highest BCUT2D eigenvalue weighted by molar-refractivity contribution is 7.91. The predicted molar refractivity (Wildman–Crippen MR) is 145 cm³/mol. The van der Waals surface area contributed by atoms with Gasteiger partial charge in [0.05, 0.1) is 14.6 Å². The van der Waals surface area contributed by atoms with Crippen LogP contribution in [0.5, 0.6) is 0 Å². The Morgan fingerprint density at radius 2 is 1.86 bits per heavy atom. The Hall–Kier alpha value is -1.56. The lowest BCUT2D eigenvalue weighted by atomic mass is 9.96. The number of aromatic nitrogens is 1. The predicted octanol–water partition coefficient (Wildman–Crippen LogP) is 5.01. The number of piperidine rings is 1. The van der Waals surface area contributed by atoms with E-state index in [-0.39, 0.29) is 16.0 Å². The smallest absolute Gasteiger partial charge is 0.252 e. The second-order valence-electron chi connectivity index (χ2n) is 9.31. The maximum absolute atomic E-state index is 13.7. The van der Waals surface area contributed by atoms with Crippen LogP contribution in [0, 0.1) is 19.8 Å². The van der Waals surface area contributed by atoms with Crippen molar-refractivity contribution in [1.82, 2.24) is 14.2 Å². The van der Waals surface area contributed by atoms with Gasteiger partial charge in [-0.3, -0.25) is 9.69 Å². The monoisotopic (exact) mass is 554 g/mol. The van der Waals surface area contributed by atoms with Crippen LogP contribution in [0.4, 0.5) is 5.13 Å². The maximum atomic E-state index is 13.7. The number of nitrogens with zero attached hydrogens (tertiary/aromatic N) is 4. The number of thiazole rings is 1. The molecule has 1 fully saturated rings. The normalized spacial score (nSPS) is 15.8. The molecule has 0 bridgehead atoms. The van der Waals surface area contributed by atoms with Gasteiger partial charge in [-0.05, 0) is 83.1 Å². The molecular weight excluding hydrogens is 524 g/mol. The van der Waals surface area contributed by atoms with Crippen LogP contribution >= 0.6 is 34.3 Å². The number of hydrogen-bond donors (Lipinski definition) is 0. The number of hydrogen-bond acceptors (Lipinski definition) is 7. The topological polar surface area (TPSA) is 73.8 Å². The number of benzene rings is 1. The van der Waals surface area contributed by atoms with Crippen LogP contribution in [-0.4, -0.2) is 68.8 Å². The highest BCUT2D eigenvalue weighted by atomic mass is 35.5. The summed E-state index contributed by atoms with van der Waals surface area (Å²) in [6.07, 6.45) is 1.81. The number of aryl methyl sites for hydroxylation is 2. The molecule has 0 atom stereocenters. The van der Waals surface area contributed by atoms with Gasteiger partial charge in [-0.25, -0.2) is 13.4 Å². The molecule has 3 aromatic rings. The number of rotatable bonds is 8. The van der Waals surface area contributed by atoms with Crippen molar-refractivity contribution in [2.24, 2.45) is 5.92 Å². The summed E-state index contributed by atoms with van der Waals surface area (Å²) >= 11 is 8.56. The summed E-state index contributed by atoms with van der Waals surface area (Å²) < 4.78 is 29.2. The summed E-state index contributed by atoms with van der Waals surface area (Å²) in [7, 11) is 0.456. The second kappa shape index (κ2) is 10.8. The summed E-state index contributed by atoms with van der Waals surface area (Å²) in [5, 5.41) is 0.723. The molecule has 11 heteroatoms. The Kier molecular flexibility index (Phi) is 8.19. The van der Waals surface area contributed by atoms with Crippen LogP contribution in [0.25, 0.3) is 10.2 Å². The molecule has 1 aromatic carbocycles. The Morgan fingerprint density at radius 1 is 1.14 bits per heavy atom. The van der Waals surface area contributed by atoms with Crippen molar-refractivity contribution in [1.29, 1.82) is 0 Å². The molecule has 1 aliphatic rings. The lowest BCUT2D eigenvalue weighted by molar-refractivity contribution is -0.123. The first kappa shape index (κ1) is 26.5. The SMILES string of the molecule is Cc1cc(C)c2nc(N(CCCN(C)C)C(=O)C3CCN(S(=O)(=O)c4ccc(Cl)s4)CC3)sc2c1. The van der Waals surface area contributed by atoms with Crippen LogP contribution < -0.4 is 4.90 Å². The first-order valence-electron chi connectivity index (χ1n) is 11.7. The number of fused-ring (bicyclic) bond motifs is 1. The molecule has 1 saturated heterocycles. The number of amides is 1. The third-order valence-electron chi connectivity index (χ3n) is 6.25. The van der Waals surface area contributed by atoms with Crippen molar-refractivity contribution in [2.75, 3.05) is 45.2 Å². The molecule has 0 radical (unpaired) electrons. The summed E-state index contributed by atoms with van der Waals surface area (Å²) in [5.41, 5.74) is 3.23. The third kappa shape index (κ3) is 5.89. The number of sulfonamides is 1. The Morgan fingerprint density at radius 3 is 2.49 bits per heavy atom. The first-order chi connectivity index (χ1) is 16.6. The Labute approximate surface area is 220 Å². The highest BCUT2D eigenvalue weighted by Crippen LogP contribution is 2.35. The van der Waals surface area contributed by atoms with Crippen molar-refractivity contribution in [3.05, 3.63) is 39.7 Å². The van der Waals surface area contributed by atoms with Crippen LogP contribution in [-0.2, 0) is 14.8 Å². The maximum Gasteiger partial charge on any atom is 0.252 e. The van der Waals surface area contributed by atoms with Gasteiger partial charge in [0.2, 0.25) is 5.91 Å². The number of anilines is 1. The van der Waals surface area contributed by atoms with E-state index in [0.29, 0.717) is 36.8 Å². The average Bonchev–Trinajstić information content (AvgIpc) is 3.43. The van der Waals surface area contributed by atoms with E-state index in [1.807, 2.05) is 25.9 Å². The molecule has 0 spiro atoms. The van der Waals surface area contributed by atoms with Crippen molar-refractivity contribution >= 4 is 65.6 Å². The zero-order valence-electron chi connectivity index (χ0n) is 20.5. The molecule has 0 N–H and O–H groups in total. The van der Waals surface area contributed by atoms with Crippen molar-refractivity contribution < 1.29 is 13.2 Å². The lowest BCUT2D eigenvalue weighted by Gasteiger charge is -2.32.